The molecule has 0 heterocycles. The topological polar surface area (TPSA) is 71.4 Å². The molecule has 0 fully saturated rings. The molecule has 34 heavy (non-hydrogen) atoms. The highest BCUT2D eigenvalue weighted by Gasteiger charge is 2.27. The van der Waals surface area contributed by atoms with E-state index < -0.39 is 12.0 Å². The number of benzene rings is 3. The minimum absolute atomic E-state index is 0.368. The highest BCUT2D eigenvalue weighted by atomic mass is 16.5. The van der Waals surface area contributed by atoms with Gasteiger partial charge in [-0.15, -0.1) is 0 Å². The van der Waals surface area contributed by atoms with Crippen molar-refractivity contribution in [3.05, 3.63) is 107 Å². The maximum absolute atomic E-state index is 13.0. The van der Waals surface area contributed by atoms with Gasteiger partial charge in [0.2, 0.25) is 0 Å². The Morgan fingerprint density at radius 2 is 1.79 bits per heavy atom. The first-order valence-electron chi connectivity index (χ1n) is 11.3. The molecule has 3 aromatic rings. The van der Waals surface area contributed by atoms with Crippen LogP contribution in [0.1, 0.15) is 47.7 Å². The molecule has 0 aliphatic carbocycles. The van der Waals surface area contributed by atoms with Crippen molar-refractivity contribution >= 4 is 11.7 Å². The van der Waals surface area contributed by atoms with Gasteiger partial charge in [-0.05, 0) is 66.8 Å². The SMILES string of the molecule is C=C(C)Cc1cc(CC)cc(C(Nc2ccc(C#N)cc2)C(=O)OC)c1OCc1ccccc1. The zero-order chi connectivity index (χ0) is 24.5. The number of esters is 1. The first-order valence-corrected chi connectivity index (χ1v) is 11.3. The van der Waals surface area contributed by atoms with Crippen LogP contribution in [0.4, 0.5) is 5.69 Å². The zero-order valence-electron chi connectivity index (χ0n) is 19.9. The van der Waals surface area contributed by atoms with Gasteiger partial charge in [0.15, 0.2) is 6.04 Å². The number of carbonyl (C=O) groups is 1. The summed E-state index contributed by atoms with van der Waals surface area (Å²) in [6.45, 7) is 8.51. The predicted octanol–water partition coefficient (Wildman–Crippen LogP) is 6.14. The Labute approximate surface area is 201 Å². The van der Waals surface area contributed by atoms with Crippen molar-refractivity contribution in [2.24, 2.45) is 0 Å². The monoisotopic (exact) mass is 454 g/mol. The van der Waals surface area contributed by atoms with E-state index >= 15 is 0 Å². The second-order valence-corrected chi connectivity index (χ2v) is 8.22. The first-order chi connectivity index (χ1) is 16.4. The van der Waals surface area contributed by atoms with Gasteiger partial charge in [0.25, 0.3) is 0 Å². The van der Waals surface area contributed by atoms with E-state index in [0.717, 1.165) is 28.7 Å². The number of nitrogens with one attached hydrogen (secondary N) is 1. The Morgan fingerprint density at radius 3 is 2.38 bits per heavy atom. The van der Waals surface area contributed by atoms with E-state index in [1.165, 1.54) is 7.11 Å². The van der Waals surface area contributed by atoms with Crippen LogP contribution in [0.5, 0.6) is 5.75 Å². The summed E-state index contributed by atoms with van der Waals surface area (Å²) in [5.41, 5.74) is 6.06. The van der Waals surface area contributed by atoms with Gasteiger partial charge < -0.3 is 14.8 Å². The fourth-order valence-electron chi connectivity index (χ4n) is 3.75. The molecule has 5 heteroatoms. The van der Waals surface area contributed by atoms with Crippen LogP contribution in [-0.2, 0) is 29.0 Å². The third-order valence-corrected chi connectivity index (χ3v) is 5.45. The van der Waals surface area contributed by atoms with E-state index in [9.17, 15) is 4.79 Å². The lowest BCUT2D eigenvalue weighted by Crippen LogP contribution is -2.24. The molecule has 0 bridgehead atoms. The third-order valence-electron chi connectivity index (χ3n) is 5.45. The van der Waals surface area contributed by atoms with Crippen molar-refractivity contribution in [2.45, 2.75) is 39.3 Å². The van der Waals surface area contributed by atoms with Crippen LogP contribution < -0.4 is 10.1 Å². The number of carbonyl (C=O) groups excluding carboxylic acids is 1. The van der Waals surface area contributed by atoms with Crippen LogP contribution in [0, 0.1) is 11.3 Å². The van der Waals surface area contributed by atoms with Crippen LogP contribution >= 0.6 is 0 Å². The largest absolute Gasteiger partial charge is 0.488 e. The normalized spacial score (nSPS) is 11.2. The molecule has 0 aromatic heterocycles. The van der Waals surface area contributed by atoms with Crippen molar-refractivity contribution in [1.82, 2.24) is 0 Å². The summed E-state index contributed by atoms with van der Waals surface area (Å²) in [7, 11) is 1.37. The van der Waals surface area contributed by atoms with E-state index in [1.807, 2.05) is 43.3 Å². The van der Waals surface area contributed by atoms with Gasteiger partial charge >= 0.3 is 5.97 Å². The fourth-order valence-corrected chi connectivity index (χ4v) is 3.75. The van der Waals surface area contributed by atoms with Crippen LogP contribution in [0.3, 0.4) is 0 Å². The molecule has 174 valence electrons. The van der Waals surface area contributed by atoms with Gasteiger partial charge in [-0.2, -0.15) is 5.26 Å². The standard InChI is InChI=1S/C29H30N2O3/c1-5-21-16-24(15-20(2)3)28(34-19-23-9-7-6-8-10-23)26(17-21)27(29(32)33-4)31-25-13-11-22(18-30)12-14-25/h6-14,16-17,27,31H,2,5,15,19H2,1,3-4H3. The number of aryl methyl sites for hydroxylation is 1. The van der Waals surface area contributed by atoms with Gasteiger partial charge in [-0.3, -0.25) is 0 Å². The number of methoxy groups -OCH3 is 1. The number of nitriles is 1. The number of hydrogen-bond donors (Lipinski definition) is 1. The van der Waals surface area contributed by atoms with Gasteiger partial charge in [-0.25, -0.2) is 4.79 Å². The highest BCUT2D eigenvalue weighted by molar-refractivity contribution is 5.82. The van der Waals surface area contributed by atoms with Gasteiger partial charge in [0.1, 0.15) is 12.4 Å². The van der Waals surface area contributed by atoms with Crippen LogP contribution in [0.15, 0.2) is 78.9 Å². The highest BCUT2D eigenvalue weighted by Crippen LogP contribution is 2.36. The van der Waals surface area contributed by atoms with Crippen molar-refractivity contribution in [3.8, 4) is 11.8 Å². The molecule has 1 unspecified atom stereocenters. The molecular weight excluding hydrogens is 424 g/mol. The van der Waals surface area contributed by atoms with E-state index in [4.69, 9.17) is 14.7 Å². The molecule has 1 N–H and O–H groups in total. The van der Waals surface area contributed by atoms with Crippen molar-refractivity contribution < 1.29 is 14.3 Å². The summed E-state index contributed by atoms with van der Waals surface area (Å²) < 4.78 is 11.5. The molecule has 0 saturated carbocycles. The van der Waals surface area contributed by atoms with Crippen molar-refractivity contribution in [2.75, 3.05) is 12.4 Å². The number of nitrogens with zero attached hydrogens (tertiary/aromatic N) is 1. The molecule has 3 aromatic carbocycles. The lowest BCUT2D eigenvalue weighted by Gasteiger charge is -2.24. The molecule has 3 rings (SSSR count). The second kappa shape index (κ2) is 11.7. The predicted molar refractivity (Wildman–Crippen MR) is 135 cm³/mol. The van der Waals surface area contributed by atoms with E-state index in [2.05, 4.69) is 31.0 Å². The zero-order valence-corrected chi connectivity index (χ0v) is 19.9. The fraction of sp³-hybridized carbons (Fsp3) is 0.241. The molecule has 1 atom stereocenters. The Kier molecular flexibility index (Phi) is 8.48. The number of anilines is 1. The van der Waals surface area contributed by atoms with Gasteiger partial charge in [0, 0.05) is 11.3 Å². The number of hydrogen-bond acceptors (Lipinski definition) is 5. The average Bonchev–Trinajstić information content (AvgIpc) is 2.86. The van der Waals surface area contributed by atoms with Gasteiger partial charge in [0.05, 0.1) is 18.7 Å². The molecule has 5 nitrogen and oxygen atoms in total. The summed E-state index contributed by atoms with van der Waals surface area (Å²) >= 11 is 0. The Bertz CT molecular complexity index is 1180. The maximum atomic E-state index is 13.0. The van der Waals surface area contributed by atoms with E-state index in [-0.39, 0.29) is 0 Å². The quantitative estimate of drug-likeness (QED) is 0.294. The van der Waals surface area contributed by atoms with E-state index in [0.29, 0.717) is 35.6 Å². The molecule has 0 radical (unpaired) electrons. The Balaban J connectivity index is 2.09. The summed E-state index contributed by atoms with van der Waals surface area (Å²) in [6, 6.07) is 22.3. The van der Waals surface area contributed by atoms with Crippen molar-refractivity contribution in [3.63, 3.8) is 0 Å². The minimum Gasteiger partial charge on any atom is -0.488 e. The molecule has 0 spiro atoms. The maximum Gasteiger partial charge on any atom is 0.333 e. The van der Waals surface area contributed by atoms with Crippen LogP contribution in [0.2, 0.25) is 0 Å². The molecule has 0 amide bonds. The molecule has 0 aliphatic heterocycles. The van der Waals surface area contributed by atoms with Crippen molar-refractivity contribution in [1.29, 1.82) is 5.26 Å². The Hall–Kier alpha value is -4.04. The Morgan fingerprint density at radius 1 is 1.09 bits per heavy atom. The molecule has 0 aliphatic rings. The van der Waals surface area contributed by atoms with Crippen LogP contribution in [-0.4, -0.2) is 13.1 Å². The number of ether oxygens (including phenoxy) is 2. The summed E-state index contributed by atoms with van der Waals surface area (Å²) in [6.07, 6.45) is 1.44. The van der Waals surface area contributed by atoms with Gasteiger partial charge in [-0.1, -0.05) is 55.5 Å². The van der Waals surface area contributed by atoms with E-state index in [1.54, 1.807) is 24.3 Å². The smallest absolute Gasteiger partial charge is 0.333 e. The molecular formula is C29H30N2O3. The lowest BCUT2D eigenvalue weighted by molar-refractivity contribution is -0.141. The number of allylic oxidation sites excluding steroid dienone is 1. The lowest BCUT2D eigenvalue weighted by atomic mass is 9.94. The molecule has 0 saturated heterocycles. The average molecular weight is 455 g/mol. The number of rotatable bonds is 10. The third kappa shape index (κ3) is 6.26. The summed E-state index contributed by atoms with van der Waals surface area (Å²) in [5.74, 6) is 0.226. The second-order valence-electron chi connectivity index (χ2n) is 8.22. The summed E-state index contributed by atoms with van der Waals surface area (Å²) in [4.78, 5) is 13.0. The minimum atomic E-state index is -0.793. The van der Waals surface area contributed by atoms with Crippen LogP contribution in [0.25, 0.3) is 0 Å². The summed E-state index contributed by atoms with van der Waals surface area (Å²) in [5, 5.41) is 12.4. The first kappa shape index (κ1) is 24.6.